The minimum Gasteiger partial charge on any atom is -0.459 e. The van der Waals surface area contributed by atoms with Crippen molar-refractivity contribution in [2.24, 2.45) is 0 Å². The molecule has 0 fully saturated rings. The monoisotopic (exact) mass is 402 g/mol. The molecule has 0 radical (unpaired) electrons. The van der Waals surface area contributed by atoms with Crippen LogP contribution in [0.25, 0.3) is 0 Å². The number of carbonyl (C=O) groups is 3. The first kappa shape index (κ1) is 20.4. The van der Waals surface area contributed by atoms with E-state index < -0.39 is 5.91 Å². The lowest BCUT2D eigenvalue weighted by Crippen LogP contribution is -2.36. The van der Waals surface area contributed by atoms with Gasteiger partial charge in [0.15, 0.2) is 5.76 Å². The molecule has 0 aliphatic rings. The summed E-state index contributed by atoms with van der Waals surface area (Å²) in [5.74, 6) is -0.933. The molecule has 2 aromatic carbocycles. The SMILES string of the molecule is N#Cc1ccc(C(=O)NCC(=O)NCc2cccc(NC(=O)c3ccco3)c2)cc1. The van der Waals surface area contributed by atoms with Crippen molar-refractivity contribution >= 4 is 23.4 Å². The number of furan rings is 1. The molecule has 3 amide bonds. The number of hydrogen-bond donors (Lipinski definition) is 3. The number of nitrogens with zero attached hydrogens (tertiary/aromatic N) is 1. The molecule has 3 aromatic rings. The standard InChI is InChI=1S/C22H18N4O4/c23-12-15-6-8-17(9-7-15)21(28)25-14-20(27)24-13-16-3-1-4-18(11-16)26-22(29)19-5-2-10-30-19/h1-11H,13-14H2,(H,24,27)(H,25,28)(H,26,29). The second-order valence-electron chi connectivity index (χ2n) is 6.28. The number of anilines is 1. The molecule has 0 atom stereocenters. The van der Waals surface area contributed by atoms with E-state index in [1.54, 1.807) is 36.4 Å². The minimum absolute atomic E-state index is 0.187. The maximum atomic E-state index is 12.0. The number of nitrogens with one attached hydrogen (secondary N) is 3. The zero-order valence-corrected chi connectivity index (χ0v) is 15.8. The van der Waals surface area contributed by atoms with Gasteiger partial charge < -0.3 is 20.4 Å². The van der Waals surface area contributed by atoms with Gasteiger partial charge in [-0.2, -0.15) is 5.26 Å². The van der Waals surface area contributed by atoms with Gasteiger partial charge in [-0.25, -0.2) is 0 Å². The summed E-state index contributed by atoms with van der Waals surface area (Å²) in [6.45, 7) is 0.0454. The molecule has 1 heterocycles. The lowest BCUT2D eigenvalue weighted by molar-refractivity contribution is -0.120. The first-order valence-electron chi connectivity index (χ1n) is 9.04. The third kappa shape index (κ3) is 5.56. The Hall–Kier alpha value is -4.38. The average Bonchev–Trinajstić information content (AvgIpc) is 3.31. The molecule has 0 bridgehead atoms. The Balaban J connectivity index is 1.46. The summed E-state index contributed by atoms with van der Waals surface area (Å²) in [5.41, 5.74) is 2.16. The highest BCUT2D eigenvalue weighted by atomic mass is 16.3. The predicted molar refractivity (Wildman–Crippen MR) is 108 cm³/mol. The van der Waals surface area contributed by atoms with Crippen molar-refractivity contribution in [3.8, 4) is 6.07 Å². The van der Waals surface area contributed by atoms with Crippen LogP contribution >= 0.6 is 0 Å². The molecule has 8 nitrogen and oxygen atoms in total. The Labute approximate surface area is 172 Å². The van der Waals surface area contributed by atoms with Crippen molar-refractivity contribution in [3.05, 3.63) is 89.4 Å². The molecular weight excluding hydrogens is 384 g/mol. The summed E-state index contributed by atoms with van der Waals surface area (Å²) >= 11 is 0. The number of hydrogen-bond acceptors (Lipinski definition) is 5. The Morgan fingerprint density at radius 2 is 1.73 bits per heavy atom. The van der Waals surface area contributed by atoms with Crippen molar-refractivity contribution in [2.45, 2.75) is 6.54 Å². The fourth-order valence-electron chi connectivity index (χ4n) is 2.58. The summed E-state index contributed by atoms with van der Waals surface area (Å²) in [6.07, 6.45) is 1.42. The van der Waals surface area contributed by atoms with Gasteiger partial charge in [-0.15, -0.1) is 0 Å². The summed E-state index contributed by atoms with van der Waals surface area (Å²) in [4.78, 5) is 36.1. The quantitative estimate of drug-likeness (QED) is 0.560. The van der Waals surface area contributed by atoms with E-state index in [9.17, 15) is 14.4 Å². The molecule has 3 N–H and O–H groups in total. The first-order valence-corrected chi connectivity index (χ1v) is 9.04. The van der Waals surface area contributed by atoms with E-state index in [-0.39, 0.29) is 30.7 Å². The highest BCUT2D eigenvalue weighted by Gasteiger charge is 2.10. The molecule has 0 saturated heterocycles. The van der Waals surface area contributed by atoms with Gasteiger partial charge in [-0.05, 0) is 54.1 Å². The fraction of sp³-hybridized carbons (Fsp3) is 0.0909. The average molecular weight is 402 g/mol. The van der Waals surface area contributed by atoms with Crippen LogP contribution in [0.2, 0.25) is 0 Å². The fourth-order valence-corrected chi connectivity index (χ4v) is 2.58. The third-order valence-electron chi connectivity index (χ3n) is 4.11. The summed E-state index contributed by atoms with van der Waals surface area (Å²) in [7, 11) is 0. The summed E-state index contributed by atoms with van der Waals surface area (Å²) in [6, 6.07) is 18.3. The Morgan fingerprint density at radius 3 is 2.43 bits per heavy atom. The first-order chi connectivity index (χ1) is 14.5. The molecule has 0 saturated carbocycles. The lowest BCUT2D eigenvalue weighted by atomic mass is 10.1. The van der Waals surface area contributed by atoms with Gasteiger partial charge in [0.1, 0.15) is 0 Å². The van der Waals surface area contributed by atoms with Crippen LogP contribution in [0.15, 0.2) is 71.3 Å². The van der Waals surface area contributed by atoms with Crippen LogP contribution in [0.5, 0.6) is 0 Å². The molecule has 0 aliphatic carbocycles. The molecule has 8 heteroatoms. The smallest absolute Gasteiger partial charge is 0.291 e. The topological polar surface area (TPSA) is 124 Å². The number of amides is 3. The lowest BCUT2D eigenvalue weighted by Gasteiger charge is -2.09. The highest BCUT2D eigenvalue weighted by molar-refractivity contribution is 6.02. The molecule has 0 unspecified atom stereocenters. The Morgan fingerprint density at radius 1 is 0.933 bits per heavy atom. The molecule has 0 spiro atoms. The van der Waals surface area contributed by atoms with Gasteiger partial charge in [-0.1, -0.05) is 12.1 Å². The van der Waals surface area contributed by atoms with Crippen LogP contribution in [0.1, 0.15) is 32.0 Å². The van der Waals surface area contributed by atoms with E-state index in [1.165, 1.54) is 30.5 Å². The maximum Gasteiger partial charge on any atom is 0.291 e. The van der Waals surface area contributed by atoms with Crippen molar-refractivity contribution in [3.63, 3.8) is 0 Å². The van der Waals surface area contributed by atoms with Gasteiger partial charge in [-0.3, -0.25) is 14.4 Å². The van der Waals surface area contributed by atoms with Gasteiger partial charge in [0, 0.05) is 17.8 Å². The Kier molecular flexibility index (Phi) is 6.59. The second kappa shape index (κ2) is 9.71. The van der Waals surface area contributed by atoms with E-state index >= 15 is 0 Å². The van der Waals surface area contributed by atoms with Gasteiger partial charge in [0.25, 0.3) is 11.8 Å². The zero-order chi connectivity index (χ0) is 21.3. The van der Waals surface area contributed by atoms with Crippen molar-refractivity contribution in [1.82, 2.24) is 10.6 Å². The molecular formula is C22H18N4O4. The molecule has 3 rings (SSSR count). The summed E-state index contributed by atoms with van der Waals surface area (Å²) < 4.78 is 5.05. The number of rotatable bonds is 7. The number of benzene rings is 2. The van der Waals surface area contributed by atoms with Gasteiger partial charge in [0.2, 0.25) is 5.91 Å². The maximum absolute atomic E-state index is 12.0. The van der Waals surface area contributed by atoms with Crippen molar-refractivity contribution < 1.29 is 18.8 Å². The van der Waals surface area contributed by atoms with Crippen LogP contribution in [-0.2, 0) is 11.3 Å². The van der Waals surface area contributed by atoms with E-state index in [4.69, 9.17) is 9.68 Å². The van der Waals surface area contributed by atoms with E-state index in [1.807, 2.05) is 6.07 Å². The van der Waals surface area contributed by atoms with E-state index in [0.29, 0.717) is 16.8 Å². The second-order valence-corrected chi connectivity index (χ2v) is 6.28. The number of carbonyl (C=O) groups excluding carboxylic acids is 3. The largest absolute Gasteiger partial charge is 0.459 e. The summed E-state index contributed by atoms with van der Waals surface area (Å²) in [5, 5.41) is 16.7. The molecule has 150 valence electrons. The van der Waals surface area contributed by atoms with Gasteiger partial charge >= 0.3 is 0 Å². The van der Waals surface area contributed by atoms with Gasteiger partial charge in [0.05, 0.1) is 24.4 Å². The van der Waals surface area contributed by atoms with Crippen LogP contribution in [0, 0.1) is 11.3 Å². The van der Waals surface area contributed by atoms with Crippen LogP contribution in [0.3, 0.4) is 0 Å². The zero-order valence-electron chi connectivity index (χ0n) is 15.8. The number of nitriles is 1. The highest BCUT2D eigenvalue weighted by Crippen LogP contribution is 2.12. The molecule has 1 aromatic heterocycles. The van der Waals surface area contributed by atoms with Crippen LogP contribution in [-0.4, -0.2) is 24.3 Å². The Bertz CT molecular complexity index is 1080. The van der Waals surface area contributed by atoms with Crippen LogP contribution < -0.4 is 16.0 Å². The van der Waals surface area contributed by atoms with Crippen molar-refractivity contribution in [2.75, 3.05) is 11.9 Å². The van der Waals surface area contributed by atoms with Crippen LogP contribution in [0.4, 0.5) is 5.69 Å². The predicted octanol–water partition coefficient (Wildman–Crippen LogP) is 2.45. The third-order valence-corrected chi connectivity index (χ3v) is 4.11. The molecule has 0 aliphatic heterocycles. The minimum atomic E-state index is -0.405. The van der Waals surface area contributed by atoms with E-state index in [2.05, 4.69) is 16.0 Å². The van der Waals surface area contributed by atoms with E-state index in [0.717, 1.165) is 5.56 Å². The molecule has 30 heavy (non-hydrogen) atoms. The normalized spacial score (nSPS) is 9.97. The van der Waals surface area contributed by atoms with Crippen molar-refractivity contribution in [1.29, 1.82) is 5.26 Å².